The maximum atomic E-state index is 9.19. The number of nitriles is 1. The minimum Gasteiger partial charge on any atom is -0.393 e. The molecule has 80 valence electrons. The third-order valence-electron chi connectivity index (χ3n) is 1.98. The molecule has 0 aliphatic heterocycles. The lowest BCUT2D eigenvalue weighted by molar-refractivity contribution is 0.179. The van der Waals surface area contributed by atoms with Crippen molar-refractivity contribution in [2.45, 2.75) is 32.4 Å². The Labute approximate surface area is 89.6 Å². The average molecular weight is 205 g/mol. The van der Waals surface area contributed by atoms with Gasteiger partial charge in [-0.05, 0) is 32.4 Å². The highest BCUT2D eigenvalue weighted by Gasteiger charge is 2.06. The molecule has 0 radical (unpaired) electrons. The smallest absolute Gasteiger partial charge is 0.127 e. The van der Waals surface area contributed by atoms with Crippen LogP contribution < -0.4 is 5.32 Å². The van der Waals surface area contributed by atoms with Crippen LogP contribution in [0.5, 0.6) is 0 Å². The molecule has 15 heavy (non-hydrogen) atoms. The fraction of sp³-hybridized carbons (Fsp3) is 0.455. The van der Waals surface area contributed by atoms with Gasteiger partial charge in [0.05, 0.1) is 17.7 Å². The molecule has 2 unspecified atom stereocenters. The van der Waals surface area contributed by atoms with Crippen molar-refractivity contribution in [1.82, 2.24) is 4.98 Å². The van der Waals surface area contributed by atoms with Gasteiger partial charge in [-0.1, -0.05) is 0 Å². The maximum Gasteiger partial charge on any atom is 0.127 e. The van der Waals surface area contributed by atoms with E-state index in [-0.39, 0.29) is 12.1 Å². The summed E-state index contributed by atoms with van der Waals surface area (Å²) in [5.41, 5.74) is 0.580. The van der Waals surface area contributed by atoms with Gasteiger partial charge < -0.3 is 10.4 Å². The Morgan fingerprint density at radius 1 is 1.60 bits per heavy atom. The predicted octanol–water partition coefficient (Wildman–Crippen LogP) is 1.52. The number of hydrogen-bond acceptors (Lipinski definition) is 4. The zero-order valence-electron chi connectivity index (χ0n) is 8.94. The van der Waals surface area contributed by atoms with Crippen LogP contribution >= 0.6 is 0 Å². The highest BCUT2D eigenvalue weighted by molar-refractivity contribution is 5.42. The van der Waals surface area contributed by atoms with Crippen LogP contribution in [0.2, 0.25) is 0 Å². The van der Waals surface area contributed by atoms with Gasteiger partial charge in [-0.2, -0.15) is 5.26 Å². The molecular weight excluding hydrogens is 190 g/mol. The first-order valence-electron chi connectivity index (χ1n) is 4.92. The van der Waals surface area contributed by atoms with Crippen LogP contribution in [0.3, 0.4) is 0 Å². The number of aliphatic hydroxyl groups is 1. The van der Waals surface area contributed by atoms with E-state index in [0.29, 0.717) is 17.8 Å². The van der Waals surface area contributed by atoms with E-state index in [0.717, 1.165) is 0 Å². The lowest BCUT2D eigenvalue weighted by Gasteiger charge is -2.15. The topological polar surface area (TPSA) is 68.9 Å². The molecule has 1 aromatic rings. The average Bonchev–Trinajstić information content (AvgIpc) is 2.16. The highest BCUT2D eigenvalue weighted by Crippen LogP contribution is 2.09. The molecular formula is C11H15N3O. The first-order chi connectivity index (χ1) is 7.11. The Bertz CT molecular complexity index is 357. The Morgan fingerprint density at radius 2 is 2.33 bits per heavy atom. The SMILES string of the molecule is CC(O)CC(C)Nc1cc(C#N)ccn1. The lowest BCUT2D eigenvalue weighted by atomic mass is 10.1. The van der Waals surface area contributed by atoms with Crippen molar-refractivity contribution in [3.05, 3.63) is 23.9 Å². The maximum absolute atomic E-state index is 9.19. The molecule has 2 atom stereocenters. The van der Waals surface area contributed by atoms with E-state index < -0.39 is 0 Å². The van der Waals surface area contributed by atoms with Crippen LogP contribution in [0.25, 0.3) is 0 Å². The molecule has 2 N–H and O–H groups in total. The van der Waals surface area contributed by atoms with Crippen molar-refractivity contribution in [3.8, 4) is 6.07 Å². The number of pyridine rings is 1. The van der Waals surface area contributed by atoms with E-state index >= 15 is 0 Å². The Hall–Kier alpha value is -1.60. The fourth-order valence-electron chi connectivity index (χ4n) is 1.40. The Balaban J connectivity index is 2.60. The zero-order valence-corrected chi connectivity index (χ0v) is 8.94. The zero-order chi connectivity index (χ0) is 11.3. The molecule has 4 heteroatoms. The molecule has 1 heterocycles. The summed E-state index contributed by atoms with van der Waals surface area (Å²) in [5, 5.41) is 21.0. The largest absolute Gasteiger partial charge is 0.393 e. The first-order valence-corrected chi connectivity index (χ1v) is 4.92. The molecule has 0 fully saturated rings. The summed E-state index contributed by atoms with van der Waals surface area (Å²) in [6.45, 7) is 3.71. The molecule has 0 amide bonds. The molecule has 4 nitrogen and oxygen atoms in total. The van der Waals surface area contributed by atoms with Crippen LogP contribution in [-0.4, -0.2) is 22.2 Å². The number of nitrogens with zero attached hydrogens (tertiary/aromatic N) is 2. The molecule has 0 saturated heterocycles. The minimum absolute atomic E-state index is 0.131. The van der Waals surface area contributed by atoms with Gasteiger partial charge in [0.1, 0.15) is 5.82 Å². The van der Waals surface area contributed by atoms with Gasteiger partial charge in [0.25, 0.3) is 0 Å². The van der Waals surface area contributed by atoms with Crippen LogP contribution in [-0.2, 0) is 0 Å². The van der Waals surface area contributed by atoms with Crippen LogP contribution in [0, 0.1) is 11.3 Å². The van der Waals surface area contributed by atoms with E-state index in [1.165, 1.54) is 0 Å². The Kier molecular flexibility index (Phi) is 4.07. The van der Waals surface area contributed by atoms with E-state index in [9.17, 15) is 5.11 Å². The number of rotatable bonds is 4. The van der Waals surface area contributed by atoms with Gasteiger partial charge >= 0.3 is 0 Å². The van der Waals surface area contributed by atoms with Gasteiger partial charge in [-0.15, -0.1) is 0 Å². The van der Waals surface area contributed by atoms with E-state index in [1.54, 1.807) is 25.3 Å². The van der Waals surface area contributed by atoms with Crippen molar-refractivity contribution >= 4 is 5.82 Å². The number of anilines is 1. The normalized spacial score (nSPS) is 14.0. The second-order valence-electron chi connectivity index (χ2n) is 3.67. The van der Waals surface area contributed by atoms with Gasteiger partial charge in [-0.25, -0.2) is 4.98 Å². The van der Waals surface area contributed by atoms with Crippen molar-refractivity contribution in [2.24, 2.45) is 0 Å². The number of nitrogens with one attached hydrogen (secondary N) is 1. The van der Waals surface area contributed by atoms with Gasteiger partial charge in [0.2, 0.25) is 0 Å². The summed E-state index contributed by atoms with van der Waals surface area (Å²) >= 11 is 0. The van der Waals surface area contributed by atoms with Crippen LogP contribution in [0.15, 0.2) is 18.3 Å². The molecule has 0 aliphatic carbocycles. The summed E-state index contributed by atoms with van der Waals surface area (Å²) < 4.78 is 0. The Morgan fingerprint density at radius 3 is 2.93 bits per heavy atom. The first kappa shape index (κ1) is 11.5. The highest BCUT2D eigenvalue weighted by atomic mass is 16.3. The summed E-state index contributed by atoms with van der Waals surface area (Å²) in [5.74, 6) is 0.669. The lowest BCUT2D eigenvalue weighted by Crippen LogP contribution is -2.21. The fourth-order valence-corrected chi connectivity index (χ4v) is 1.40. The van der Waals surface area contributed by atoms with Crippen molar-refractivity contribution in [2.75, 3.05) is 5.32 Å². The molecule has 0 bridgehead atoms. The summed E-state index contributed by atoms with van der Waals surface area (Å²) in [6.07, 6.45) is 1.90. The van der Waals surface area contributed by atoms with Crippen molar-refractivity contribution in [3.63, 3.8) is 0 Å². The van der Waals surface area contributed by atoms with Crippen LogP contribution in [0.4, 0.5) is 5.82 Å². The summed E-state index contributed by atoms with van der Waals surface area (Å²) in [4.78, 5) is 4.09. The third kappa shape index (κ3) is 3.96. The second kappa shape index (κ2) is 5.32. The summed E-state index contributed by atoms with van der Waals surface area (Å²) in [6, 6.07) is 5.53. The minimum atomic E-state index is -0.341. The number of aromatic nitrogens is 1. The quantitative estimate of drug-likeness (QED) is 0.782. The van der Waals surface area contributed by atoms with Gasteiger partial charge in [0, 0.05) is 12.2 Å². The monoisotopic (exact) mass is 205 g/mol. The predicted molar refractivity (Wildman–Crippen MR) is 58.3 cm³/mol. The third-order valence-corrected chi connectivity index (χ3v) is 1.98. The molecule has 0 aliphatic rings. The number of aliphatic hydroxyl groups excluding tert-OH is 1. The van der Waals surface area contributed by atoms with Crippen LogP contribution in [0.1, 0.15) is 25.8 Å². The standard InChI is InChI=1S/C11H15N3O/c1-8(5-9(2)15)14-11-6-10(7-12)3-4-13-11/h3-4,6,8-9,15H,5H2,1-2H3,(H,13,14). The summed E-state index contributed by atoms with van der Waals surface area (Å²) in [7, 11) is 0. The van der Waals surface area contributed by atoms with E-state index in [1.807, 2.05) is 6.92 Å². The van der Waals surface area contributed by atoms with E-state index in [2.05, 4.69) is 16.4 Å². The van der Waals surface area contributed by atoms with E-state index in [4.69, 9.17) is 5.26 Å². The molecule has 0 aromatic carbocycles. The molecule has 1 rings (SSSR count). The second-order valence-corrected chi connectivity index (χ2v) is 3.67. The van der Waals surface area contributed by atoms with Crippen molar-refractivity contribution in [1.29, 1.82) is 5.26 Å². The van der Waals surface area contributed by atoms with Gasteiger partial charge in [-0.3, -0.25) is 0 Å². The molecule has 1 aromatic heterocycles. The van der Waals surface area contributed by atoms with Crippen molar-refractivity contribution < 1.29 is 5.11 Å². The van der Waals surface area contributed by atoms with Gasteiger partial charge in [0.15, 0.2) is 0 Å². The molecule has 0 saturated carbocycles. The molecule has 0 spiro atoms. The number of hydrogen-bond donors (Lipinski definition) is 2.